The van der Waals surface area contributed by atoms with Crippen molar-refractivity contribution < 1.29 is 9.13 Å². The van der Waals surface area contributed by atoms with Gasteiger partial charge in [-0.15, -0.1) is 11.8 Å². The lowest BCUT2D eigenvalue weighted by molar-refractivity contribution is 0.0792. The van der Waals surface area contributed by atoms with E-state index >= 15 is 0 Å². The highest BCUT2D eigenvalue weighted by molar-refractivity contribution is 8.00. The van der Waals surface area contributed by atoms with Gasteiger partial charge in [-0.1, -0.05) is 12.1 Å². The van der Waals surface area contributed by atoms with Crippen LogP contribution in [0.5, 0.6) is 0 Å². The number of halogens is 1. The molecule has 0 spiro atoms. The molecule has 1 saturated heterocycles. The molecule has 0 saturated carbocycles. The Balaban J connectivity index is 2.15. The zero-order valence-corrected chi connectivity index (χ0v) is 9.93. The van der Waals surface area contributed by atoms with Crippen LogP contribution in [0.25, 0.3) is 0 Å². The minimum absolute atomic E-state index is 0.0551. The Morgan fingerprint density at radius 2 is 2.00 bits per heavy atom. The summed E-state index contributed by atoms with van der Waals surface area (Å²) in [5.74, 6) is -0.160. The van der Waals surface area contributed by atoms with Gasteiger partial charge in [-0.25, -0.2) is 4.39 Å². The van der Waals surface area contributed by atoms with E-state index in [0.717, 1.165) is 26.1 Å². The molecule has 1 fully saturated rings. The largest absolute Gasteiger partial charge is 0.381 e. The van der Waals surface area contributed by atoms with Crippen LogP contribution in [-0.4, -0.2) is 24.5 Å². The summed E-state index contributed by atoms with van der Waals surface area (Å²) < 4.78 is 18.8. The molecule has 1 aliphatic rings. The van der Waals surface area contributed by atoms with Crippen molar-refractivity contribution in [2.75, 3.05) is 19.8 Å². The van der Waals surface area contributed by atoms with Gasteiger partial charge in [0.15, 0.2) is 0 Å². The summed E-state index contributed by atoms with van der Waals surface area (Å²) in [4.78, 5) is 0.690. The van der Waals surface area contributed by atoms with Crippen molar-refractivity contribution in [3.05, 3.63) is 30.1 Å². The number of thioether (sulfide) groups is 1. The van der Waals surface area contributed by atoms with Gasteiger partial charge in [-0.05, 0) is 25.0 Å². The van der Waals surface area contributed by atoms with Crippen molar-refractivity contribution >= 4 is 11.8 Å². The van der Waals surface area contributed by atoms with Crippen LogP contribution >= 0.6 is 11.8 Å². The molecule has 4 heteroatoms. The molecule has 0 unspecified atom stereocenters. The summed E-state index contributed by atoms with van der Waals surface area (Å²) in [7, 11) is 0. The van der Waals surface area contributed by atoms with Gasteiger partial charge in [0.1, 0.15) is 5.82 Å². The van der Waals surface area contributed by atoms with Gasteiger partial charge in [0.25, 0.3) is 0 Å². The van der Waals surface area contributed by atoms with Gasteiger partial charge in [0.05, 0.1) is 0 Å². The third-order valence-electron chi connectivity index (χ3n) is 2.94. The van der Waals surface area contributed by atoms with E-state index in [-0.39, 0.29) is 10.6 Å². The van der Waals surface area contributed by atoms with Crippen LogP contribution in [0, 0.1) is 5.82 Å². The van der Waals surface area contributed by atoms with Crippen molar-refractivity contribution in [1.82, 2.24) is 0 Å². The fourth-order valence-electron chi connectivity index (χ4n) is 1.85. The van der Waals surface area contributed by atoms with Crippen molar-refractivity contribution in [2.24, 2.45) is 5.73 Å². The van der Waals surface area contributed by atoms with Crippen LogP contribution in [-0.2, 0) is 4.74 Å². The monoisotopic (exact) mass is 241 g/mol. The van der Waals surface area contributed by atoms with Crippen LogP contribution in [0.3, 0.4) is 0 Å². The topological polar surface area (TPSA) is 35.2 Å². The van der Waals surface area contributed by atoms with Crippen LogP contribution in [0.4, 0.5) is 4.39 Å². The van der Waals surface area contributed by atoms with E-state index in [1.807, 2.05) is 12.1 Å². The smallest absolute Gasteiger partial charge is 0.136 e. The molecule has 1 heterocycles. The Morgan fingerprint density at radius 3 is 2.62 bits per heavy atom. The Kier molecular flexibility index (Phi) is 3.84. The van der Waals surface area contributed by atoms with Crippen LogP contribution in [0.15, 0.2) is 29.2 Å². The third-order valence-corrected chi connectivity index (χ3v) is 4.50. The van der Waals surface area contributed by atoms with Gasteiger partial charge < -0.3 is 10.5 Å². The number of hydrogen-bond donors (Lipinski definition) is 1. The first-order valence-corrected chi connectivity index (χ1v) is 6.29. The Hall–Kier alpha value is -0.580. The summed E-state index contributed by atoms with van der Waals surface area (Å²) in [5.41, 5.74) is 5.84. The zero-order chi connectivity index (χ0) is 11.4. The highest BCUT2D eigenvalue weighted by Gasteiger charge is 2.33. The lowest BCUT2D eigenvalue weighted by Crippen LogP contribution is -2.40. The maximum atomic E-state index is 13.6. The highest BCUT2D eigenvalue weighted by atomic mass is 32.2. The molecule has 0 aromatic heterocycles. The Morgan fingerprint density at radius 1 is 1.31 bits per heavy atom. The van der Waals surface area contributed by atoms with Gasteiger partial charge >= 0.3 is 0 Å². The number of nitrogens with two attached hydrogens (primary N) is 1. The molecule has 0 radical (unpaired) electrons. The molecule has 1 aromatic rings. The first kappa shape index (κ1) is 11.9. The lowest BCUT2D eigenvalue weighted by Gasteiger charge is -2.35. The van der Waals surface area contributed by atoms with Gasteiger partial charge in [-0.3, -0.25) is 0 Å². The molecule has 0 atom stereocenters. The van der Waals surface area contributed by atoms with E-state index in [4.69, 9.17) is 10.5 Å². The van der Waals surface area contributed by atoms with Gasteiger partial charge in [0.2, 0.25) is 0 Å². The normalized spacial score (nSPS) is 19.6. The summed E-state index contributed by atoms with van der Waals surface area (Å²) in [6.07, 6.45) is 1.78. The predicted octanol–water partition coefficient (Wildman–Crippen LogP) is 2.43. The quantitative estimate of drug-likeness (QED) is 0.882. The second-order valence-corrected chi connectivity index (χ2v) is 5.54. The number of hydrogen-bond acceptors (Lipinski definition) is 3. The SMILES string of the molecule is NCC1(Sc2ccccc2F)CCOCC1. The van der Waals surface area contributed by atoms with Crippen LogP contribution in [0.1, 0.15) is 12.8 Å². The van der Waals surface area contributed by atoms with Crippen molar-refractivity contribution in [1.29, 1.82) is 0 Å². The molecule has 2 nitrogen and oxygen atoms in total. The van der Waals surface area contributed by atoms with E-state index in [2.05, 4.69) is 0 Å². The number of ether oxygens (including phenoxy) is 1. The minimum atomic E-state index is -0.160. The zero-order valence-electron chi connectivity index (χ0n) is 9.12. The first-order valence-electron chi connectivity index (χ1n) is 5.47. The van der Waals surface area contributed by atoms with Crippen molar-refractivity contribution in [3.63, 3.8) is 0 Å². The van der Waals surface area contributed by atoms with E-state index in [1.165, 1.54) is 6.07 Å². The number of benzene rings is 1. The van der Waals surface area contributed by atoms with Crippen LogP contribution < -0.4 is 5.73 Å². The summed E-state index contributed by atoms with van der Waals surface area (Å²) in [6.45, 7) is 2.01. The molecule has 0 aliphatic carbocycles. The molecule has 1 aromatic carbocycles. The molecule has 16 heavy (non-hydrogen) atoms. The van der Waals surface area contributed by atoms with Gasteiger partial charge in [-0.2, -0.15) is 0 Å². The maximum Gasteiger partial charge on any atom is 0.136 e. The standard InChI is InChI=1S/C12H16FNOS/c13-10-3-1-2-4-11(10)16-12(9-14)5-7-15-8-6-12/h1-4H,5-9,14H2. The number of rotatable bonds is 3. The van der Waals surface area contributed by atoms with Crippen LogP contribution in [0.2, 0.25) is 0 Å². The fourth-order valence-corrected chi connectivity index (χ4v) is 3.08. The second kappa shape index (κ2) is 5.17. The summed E-state index contributed by atoms with van der Waals surface area (Å²) >= 11 is 1.56. The summed E-state index contributed by atoms with van der Waals surface area (Å²) in [6, 6.07) is 6.87. The Bertz CT molecular complexity index is 353. The maximum absolute atomic E-state index is 13.6. The average Bonchev–Trinajstić information content (AvgIpc) is 2.33. The first-order chi connectivity index (χ1) is 7.76. The average molecular weight is 241 g/mol. The molecule has 1 aliphatic heterocycles. The molecule has 2 N–H and O–H groups in total. The Labute approximate surface area is 99.4 Å². The van der Waals surface area contributed by atoms with E-state index in [0.29, 0.717) is 11.4 Å². The highest BCUT2D eigenvalue weighted by Crippen LogP contribution is 2.40. The molecule has 0 bridgehead atoms. The van der Waals surface area contributed by atoms with E-state index in [1.54, 1.807) is 17.8 Å². The van der Waals surface area contributed by atoms with Gasteiger partial charge in [0, 0.05) is 29.4 Å². The third kappa shape index (κ3) is 2.56. The summed E-state index contributed by atoms with van der Waals surface area (Å²) in [5, 5.41) is 0. The minimum Gasteiger partial charge on any atom is -0.381 e. The van der Waals surface area contributed by atoms with E-state index < -0.39 is 0 Å². The predicted molar refractivity (Wildman–Crippen MR) is 64.1 cm³/mol. The molecule has 88 valence electrons. The second-order valence-electron chi connectivity index (χ2n) is 4.03. The molecule has 2 rings (SSSR count). The van der Waals surface area contributed by atoms with E-state index in [9.17, 15) is 4.39 Å². The fraction of sp³-hybridized carbons (Fsp3) is 0.500. The molecular weight excluding hydrogens is 225 g/mol. The van der Waals surface area contributed by atoms with Crippen molar-refractivity contribution in [3.8, 4) is 0 Å². The molecule has 0 amide bonds. The molecular formula is C12H16FNOS. The van der Waals surface area contributed by atoms with Crippen molar-refractivity contribution in [2.45, 2.75) is 22.5 Å². The lowest BCUT2D eigenvalue weighted by atomic mass is 9.99.